The van der Waals surface area contributed by atoms with Gasteiger partial charge in [0.05, 0.1) is 0 Å². The predicted octanol–water partition coefficient (Wildman–Crippen LogP) is 5.47. The second kappa shape index (κ2) is 8.28. The van der Waals surface area contributed by atoms with Crippen LogP contribution in [0.4, 0.5) is 0 Å². The first-order valence-electron chi connectivity index (χ1n) is 8.44. The van der Waals surface area contributed by atoms with Gasteiger partial charge in [0.1, 0.15) is 0 Å². The molecule has 0 bridgehead atoms. The van der Waals surface area contributed by atoms with Crippen molar-refractivity contribution >= 4 is 5.57 Å². The Kier molecular flexibility index (Phi) is 5.60. The van der Waals surface area contributed by atoms with Crippen molar-refractivity contribution in [3.8, 4) is 0 Å². The molecule has 0 amide bonds. The molecule has 0 radical (unpaired) electrons. The van der Waals surface area contributed by atoms with Crippen LogP contribution in [0.15, 0.2) is 97.1 Å². The van der Waals surface area contributed by atoms with Crippen LogP contribution < -0.4 is 5.32 Å². The summed E-state index contributed by atoms with van der Waals surface area (Å²) in [5.41, 5.74) is 5.08. The molecule has 0 unspecified atom stereocenters. The molecule has 0 aliphatic heterocycles. The first-order chi connectivity index (χ1) is 11.8. The molecule has 0 aliphatic rings. The maximum absolute atomic E-state index is 3.59. The monoisotopic (exact) mass is 313 g/mol. The number of hydrogen-bond donors (Lipinski definition) is 1. The third-order valence-electron chi connectivity index (χ3n) is 4.20. The van der Waals surface area contributed by atoms with Crippen molar-refractivity contribution < 1.29 is 0 Å². The quantitative estimate of drug-likeness (QED) is 0.636. The van der Waals surface area contributed by atoms with Gasteiger partial charge in [-0.2, -0.15) is 0 Å². The fourth-order valence-electron chi connectivity index (χ4n) is 2.84. The van der Waals surface area contributed by atoms with Crippen LogP contribution in [0.3, 0.4) is 0 Å². The van der Waals surface area contributed by atoms with E-state index in [-0.39, 0.29) is 0 Å². The van der Waals surface area contributed by atoms with Gasteiger partial charge in [-0.1, -0.05) is 97.1 Å². The molecule has 0 fully saturated rings. The lowest BCUT2D eigenvalue weighted by molar-refractivity contribution is 0.618. The molecular weight excluding hydrogens is 290 g/mol. The number of hydrogen-bond acceptors (Lipinski definition) is 1. The first-order valence-corrected chi connectivity index (χ1v) is 8.44. The molecule has 0 saturated carbocycles. The van der Waals surface area contributed by atoms with E-state index >= 15 is 0 Å². The van der Waals surface area contributed by atoms with Crippen LogP contribution in [0, 0.1) is 0 Å². The molecular formula is C23H23N. The van der Waals surface area contributed by atoms with Gasteiger partial charge in [-0.15, -0.1) is 0 Å². The lowest BCUT2D eigenvalue weighted by atomic mass is 9.97. The van der Waals surface area contributed by atoms with Crippen LogP contribution in [0.1, 0.15) is 29.7 Å². The third-order valence-corrected chi connectivity index (χ3v) is 4.20. The summed E-state index contributed by atoms with van der Waals surface area (Å²) in [4.78, 5) is 0. The van der Waals surface area contributed by atoms with Crippen LogP contribution in [0.25, 0.3) is 5.57 Å². The van der Waals surface area contributed by atoms with E-state index in [2.05, 4.69) is 109 Å². The highest BCUT2D eigenvalue weighted by molar-refractivity contribution is 5.79. The van der Waals surface area contributed by atoms with Gasteiger partial charge in [0.15, 0.2) is 0 Å². The number of nitrogens with one attached hydrogen (secondary N) is 1. The minimum Gasteiger partial charge on any atom is -0.307 e. The van der Waals surface area contributed by atoms with Crippen LogP contribution in [0.5, 0.6) is 0 Å². The van der Waals surface area contributed by atoms with E-state index < -0.39 is 0 Å². The van der Waals surface area contributed by atoms with Gasteiger partial charge in [0, 0.05) is 12.6 Å². The van der Waals surface area contributed by atoms with E-state index in [1.807, 2.05) is 0 Å². The highest BCUT2D eigenvalue weighted by Gasteiger charge is 2.05. The zero-order valence-corrected chi connectivity index (χ0v) is 14.0. The largest absolute Gasteiger partial charge is 0.307 e. The van der Waals surface area contributed by atoms with Crippen molar-refractivity contribution in [2.75, 3.05) is 6.54 Å². The average Bonchev–Trinajstić information content (AvgIpc) is 2.67. The maximum Gasteiger partial charge on any atom is 0.0294 e. The Hall–Kier alpha value is -2.64. The standard InChI is InChI=1S/C23H23N/c1-19(20-11-5-2-6-12-20)24-18-17-23(21-13-7-3-8-14-21)22-15-9-4-10-16-22/h2-17,19,24H,18H2,1H3/t19-/m0/s1. The van der Waals surface area contributed by atoms with E-state index in [0.29, 0.717) is 6.04 Å². The van der Waals surface area contributed by atoms with Gasteiger partial charge < -0.3 is 5.32 Å². The van der Waals surface area contributed by atoms with Crippen LogP contribution in [0.2, 0.25) is 0 Å². The SMILES string of the molecule is C[C@H](NCC=C(c1ccccc1)c1ccccc1)c1ccccc1. The molecule has 120 valence electrons. The Morgan fingerprint density at radius 3 is 1.71 bits per heavy atom. The van der Waals surface area contributed by atoms with Crippen molar-refractivity contribution in [2.24, 2.45) is 0 Å². The molecule has 0 aromatic heterocycles. The molecule has 0 spiro atoms. The predicted molar refractivity (Wildman–Crippen MR) is 103 cm³/mol. The van der Waals surface area contributed by atoms with Crippen molar-refractivity contribution in [1.82, 2.24) is 5.32 Å². The van der Waals surface area contributed by atoms with Crippen molar-refractivity contribution in [3.63, 3.8) is 0 Å². The lowest BCUT2D eigenvalue weighted by Crippen LogP contribution is -2.18. The summed E-state index contributed by atoms with van der Waals surface area (Å²) in [6, 6.07) is 32.0. The molecule has 0 heterocycles. The fraction of sp³-hybridized carbons (Fsp3) is 0.130. The van der Waals surface area contributed by atoms with Crippen LogP contribution >= 0.6 is 0 Å². The molecule has 0 saturated heterocycles. The van der Waals surface area contributed by atoms with Gasteiger partial charge in [0.2, 0.25) is 0 Å². The van der Waals surface area contributed by atoms with Gasteiger partial charge in [-0.05, 0) is 29.2 Å². The van der Waals surface area contributed by atoms with E-state index in [1.54, 1.807) is 0 Å². The molecule has 3 aromatic carbocycles. The Bertz CT molecular complexity index is 719. The third kappa shape index (κ3) is 4.21. The summed E-state index contributed by atoms with van der Waals surface area (Å²) in [6.45, 7) is 3.03. The minimum atomic E-state index is 0.329. The number of benzene rings is 3. The molecule has 3 aromatic rings. The van der Waals surface area contributed by atoms with Crippen LogP contribution in [-0.4, -0.2) is 6.54 Å². The lowest BCUT2D eigenvalue weighted by Gasteiger charge is -2.14. The average molecular weight is 313 g/mol. The zero-order chi connectivity index (χ0) is 16.6. The second-order valence-electron chi connectivity index (χ2n) is 5.89. The number of rotatable bonds is 6. The second-order valence-corrected chi connectivity index (χ2v) is 5.89. The fourth-order valence-corrected chi connectivity index (χ4v) is 2.84. The van der Waals surface area contributed by atoms with Crippen LogP contribution in [-0.2, 0) is 0 Å². The summed E-state index contributed by atoms with van der Waals surface area (Å²) in [5, 5.41) is 3.59. The van der Waals surface area contributed by atoms with Crippen molar-refractivity contribution in [2.45, 2.75) is 13.0 Å². The van der Waals surface area contributed by atoms with Crippen molar-refractivity contribution in [3.05, 3.63) is 114 Å². The van der Waals surface area contributed by atoms with Gasteiger partial charge in [-0.3, -0.25) is 0 Å². The Morgan fingerprint density at radius 1 is 0.750 bits per heavy atom. The van der Waals surface area contributed by atoms with E-state index in [9.17, 15) is 0 Å². The van der Waals surface area contributed by atoms with E-state index in [4.69, 9.17) is 0 Å². The molecule has 24 heavy (non-hydrogen) atoms. The maximum atomic E-state index is 3.59. The summed E-state index contributed by atoms with van der Waals surface area (Å²) in [7, 11) is 0. The Morgan fingerprint density at radius 2 is 1.21 bits per heavy atom. The molecule has 1 N–H and O–H groups in total. The highest BCUT2D eigenvalue weighted by atomic mass is 14.9. The topological polar surface area (TPSA) is 12.0 Å². The minimum absolute atomic E-state index is 0.329. The smallest absolute Gasteiger partial charge is 0.0294 e. The normalized spacial score (nSPS) is 11.7. The van der Waals surface area contributed by atoms with Gasteiger partial charge in [0.25, 0.3) is 0 Å². The Balaban J connectivity index is 1.78. The van der Waals surface area contributed by atoms with E-state index in [1.165, 1.54) is 22.3 Å². The summed E-state index contributed by atoms with van der Waals surface area (Å²) >= 11 is 0. The highest BCUT2D eigenvalue weighted by Crippen LogP contribution is 2.23. The first kappa shape index (κ1) is 16.2. The molecule has 1 nitrogen and oxygen atoms in total. The molecule has 3 rings (SSSR count). The van der Waals surface area contributed by atoms with Crippen molar-refractivity contribution in [1.29, 1.82) is 0 Å². The Labute approximate surface area is 144 Å². The zero-order valence-electron chi connectivity index (χ0n) is 14.0. The van der Waals surface area contributed by atoms with E-state index in [0.717, 1.165) is 6.54 Å². The summed E-state index contributed by atoms with van der Waals surface area (Å²) < 4.78 is 0. The molecule has 1 heteroatoms. The van der Waals surface area contributed by atoms with Gasteiger partial charge in [-0.25, -0.2) is 0 Å². The molecule has 0 aliphatic carbocycles. The summed E-state index contributed by atoms with van der Waals surface area (Å²) in [6.07, 6.45) is 2.28. The van der Waals surface area contributed by atoms with Gasteiger partial charge >= 0.3 is 0 Å². The summed E-state index contributed by atoms with van der Waals surface area (Å²) in [5.74, 6) is 0. The molecule has 1 atom stereocenters.